The molecule has 180 valence electrons. The summed E-state index contributed by atoms with van der Waals surface area (Å²) in [6.45, 7) is 3.74. The van der Waals surface area contributed by atoms with Crippen LogP contribution in [-0.4, -0.2) is 64.4 Å². The molecule has 0 spiro atoms. The lowest BCUT2D eigenvalue weighted by Gasteiger charge is -2.30. The van der Waals surface area contributed by atoms with Gasteiger partial charge in [-0.25, -0.2) is 9.59 Å². The third-order valence-corrected chi connectivity index (χ3v) is 6.94. The van der Waals surface area contributed by atoms with Crippen LogP contribution in [-0.2, 0) is 14.3 Å². The number of nitrogens with one attached hydrogen (secondary N) is 1. The van der Waals surface area contributed by atoms with Crippen molar-refractivity contribution in [1.29, 1.82) is 0 Å². The first-order valence-corrected chi connectivity index (χ1v) is 11.6. The number of alkyl carbamates (subject to hydrolysis) is 1. The Morgan fingerprint density at radius 2 is 1.68 bits per heavy atom. The molecule has 1 fully saturated rings. The van der Waals surface area contributed by atoms with Gasteiger partial charge >= 0.3 is 12.1 Å². The van der Waals surface area contributed by atoms with Crippen molar-refractivity contribution in [2.75, 3.05) is 13.2 Å². The van der Waals surface area contributed by atoms with Gasteiger partial charge in [0.15, 0.2) is 0 Å². The summed E-state index contributed by atoms with van der Waals surface area (Å²) in [4.78, 5) is 38.7. The van der Waals surface area contributed by atoms with Crippen LogP contribution in [0.1, 0.15) is 43.7 Å². The highest BCUT2D eigenvalue weighted by Crippen LogP contribution is 2.44. The summed E-state index contributed by atoms with van der Waals surface area (Å²) < 4.78 is 5.59. The molecule has 34 heavy (non-hydrogen) atoms. The number of β-amino-alcohol motifs (C(OH)–C–C–N with tert-alkyl or cyclic N) is 1. The van der Waals surface area contributed by atoms with Crippen molar-refractivity contribution in [1.82, 2.24) is 10.2 Å². The maximum Gasteiger partial charge on any atom is 0.407 e. The molecular formula is C26H30N2O6. The molecule has 1 aliphatic carbocycles. The van der Waals surface area contributed by atoms with Gasteiger partial charge in [-0.2, -0.15) is 0 Å². The first kappa shape index (κ1) is 23.8. The fourth-order valence-electron chi connectivity index (χ4n) is 4.92. The van der Waals surface area contributed by atoms with Crippen molar-refractivity contribution in [2.24, 2.45) is 5.92 Å². The number of aliphatic carboxylic acids is 1. The monoisotopic (exact) mass is 466 g/mol. The van der Waals surface area contributed by atoms with E-state index in [1.54, 1.807) is 0 Å². The Balaban J connectivity index is 1.46. The van der Waals surface area contributed by atoms with Crippen LogP contribution in [0.25, 0.3) is 11.1 Å². The van der Waals surface area contributed by atoms with Gasteiger partial charge in [0.05, 0.1) is 6.10 Å². The lowest BCUT2D eigenvalue weighted by molar-refractivity contribution is -0.149. The van der Waals surface area contributed by atoms with Gasteiger partial charge in [-0.1, -0.05) is 68.8 Å². The van der Waals surface area contributed by atoms with Crippen LogP contribution < -0.4 is 5.32 Å². The van der Waals surface area contributed by atoms with Crippen LogP contribution in [0.5, 0.6) is 0 Å². The number of hydrogen-bond donors (Lipinski definition) is 3. The van der Waals surface area contributed by atoms with Crippen LogP contribution >= 0.6 is 0 Å². The Morgan fingerprint density at radius 3 is 2.24 bits per heavy atom. The summed E-state index contributed by atoms with van der Waals surface area (Å²) in [6.07, 6.45) is -1.07. The zero-order chi connectivity index (χ0) is 24.4. The number of fused-ring (bicyclic) bond motifs is 3. The molecule has 1 unspecified atom stereocenters. The molecule has 0 aromatic heterocycles. The Bertz CT molecular complexity index is 1040. The van der Waals surface area contributed by atoms with Crippen LogP contribution in [0, 0.1) is 5.92 Å². The number of benzene rings is 2. The molecule has 1 aliphatic heterocycles. The highest BCUT2D eigenvalue weighted by atomic mass is 16.5. The average Bonchev–Trinajstić information content (AvgIpc) is 3.38. The molecule has 8 nitrogen and oxygen atoms in total. The maximum atomic E-state index is 13.2. The SMILES string of the molecule is CC[C@H](C)[C@H](NC(=O)OCC1c2ccccc2-c2ccccc21)C(=O)N1CC(O)C[C@H]1C(=O)O. The first-order chi connectivity index (χ1) is 16.3. The van der Waals surface area contributed by atoms with Gasteiger partial charge in [0.25, 0.3) is 0 Å². The van der Waals surface area contributed by atoms with E-state index in [2.05, 4.69) is 17.4 Å². The molecule has 4 rings (SSSR count). The van der Waals surface area contributed by atoms with E-state index < -0.39 is 36.2 Å². The van der Waals surface area contributed by atoms with Crippen molar-refractivity contribution < 1.29 is 29.3 Å². The molecular weight excluding hydrogens is 436 g/mol. The summed E-state index contributed by atoms with van der Waals surface area (Å²) in [7, 11) is 0. The summed E-state index contributed by atoms with van der Waals surface area (Å²) in [5, 5.41) is 22.0. The van der Waals surface area contributed by atoms with E-state index in [0.717, 1.165) is 27.2 Å². The molecule has 2 amide bonds. The molecule has 3 N–H and O–H groups in total. The van der Waals surface area contributed by atoms with Crippen LogP contribution in [0.15, 0.2) is 48.5 Å². The lowest BCUT2D eigenvalue weighted by atomic mass is 9.97. The minimum Gasteiger partial charge on any atom is -0.480 e. The van der Waals surface area contributed by atoms with Crippen LogP contribution in [0.2, 0.25) is 0 Å². The number of ether oxygens (including phenoxy) is 1. The second-order valence-corrected chi connectivity index (χ2v) is 9.07. The predicted octanol–water partition coefficient (Wildman–Crippen LogP) is 2.99. The number of nitrogens with zero attached hydrogens (tertiary/aromatic N) is 1. The molecule has 2 aromatic carbocycles. The number of rotatable bonds is 7. The molecule has 1 saturated heterocycles. The molecule has 0 saturated carbocycles. The normalized spacial score (nSPS) is 20.9. The minimum atomic E-state index is -1.17. The van der Waals surface area contributed by atoms with Gasteiger partial charge in [0.1, 0.15) is 18.7 Å². The van der Waals surface area contributed by atoms with Gasteiger partial charge in [0.2, 0.25) is 5.91 Å². The van der Waals surface area contributed by atoms with Gasteiger partial charge in [-0.15, -0.1) is 0 Å². The molecule has 2 aliphatic rings. The van der Waals surface area contributed by atoms with E-state index in [1.165, 1.54) is 0 Å². The number of carbonyl (C=O) groups excluding carboxylic acids is 2. The average molecular weight is 467 g/mol. The van der Waals surface area contributed by atoms with Crippen molar-refractivity contribution in [3.8, 4) is 11.1 Å². The Hall–Kier alpha value is -3.39. The van der Waals surface area contributed by atoms with E-state index in [4.69, 9.17) is 4.74 Å². The smallest absolute Gasteiger partial charge is 0.407 e. The third kappa shape index (κ3) is 4.50. The van der Waals surface area contributed by atoms with Crippen LogP contribution in [0.4, 0.5) is 4.79 Å². The number of hydrogen-bond acceptors (Lipinski definition) is 5. The number of carboxylic acid groups (broad SMARTS) is 1. The molecule has 0 radical (unpaired) electrons. The number of aliphatic hydroxyl groups excluding tert-OH is 1. The van der Waals surface area contributed by atoms with Gasteiger partial charge in [0, 0.05) is 18.9 Å². The summed E-state index contributed by atoms with van der Waals surface area (Å²) >= 11 is 0. The Kier molecular flexibility index (Phi) is 6.88. The van der Waals surface area contributed by atoms with E-state index in [-0.39, 0.29) is 31.4 Å². The van der Waals surface area contributed by atoms with Crippen molar-refractivity contribution in [2.45, 2.75) is 50.8 Å². The molecule has 2 aromatic rings. The van der Waals surface area contributed by atoms with E-state index in [1.807, 2.05) is 50.2 Å². The van der Waals surface area contributed by atoms with Crippen molar-refractivity contribution in [3.63, 3.8) is 0 Å². The van der Waals surface area contributed by atoms with Crippen molar-refractivity contribution in [3.05, 3.63) is 59.7 Å². The largest absolute Gasteiger partial charge is 0.480 e. The highest BCUT2D eigenvalue weighted by molar-refractivity contribution is 5.90. The Morgan fingerprint density at radius 1 is 1.09 bits per heavy atom. The number of carbonyl (C=O) groups is 3. The second-order valence-electron chi connectivity index (χ2n) is 9.07. The van der Waals surface area contributed by atoms with E-state index >= 15 is 0 Å². The molecule has 1 heterocycles. The second kappa shape index (κ2) is 9.85. The number of aliphatic hydroxyl groups is 1. The summed E-state index contributed by atoms with van der Waals surface area (Å²) in [6, 6.07) is 14.0. The number of amides is 2. The van der Waals surface area contributed by atoms with E-state index in [9.17, 15) is 24.6 Å². The Labute approximate surface area is 198 Å². The van der Waals surface area contributed by atoms with Gasteiger partial charge in [-0.3, -0.25) is 4.79 Å². The zero-order valence-electron chi connectivity index (χ0n) is 19.3. The molecule has 8 heteroatoms. The van der Waals surface area contributed by atoms with Crippen molar-refractivity contribution >= 4 is 18.0 Å². The molecule has 0 bridgehead atoms. The number of carboxylic acids is 1. The summed E-state index contributed by atoms with van der Waals surface area (Å²) in [5.41, 5.74) is 4.40. The third-order valence-electron chi connectivity index (χ3n) is 6.94. The van der Waals surface area contributed by atoms with Gasteiger partial charge < -0.3 is 25.2 Å². The first-order valence-electron chi connectivity index (χ1n) is 11.6. The quantitative estimate of drug-likeness (QED) is 0.578. The highest BCUT2D eigenvalue weighted by Gasteiger charge is 2.42. The van der Waals surface area contributed by atoms with Crippen LogP contribution in [0.3, 0.4) is 0 Å². The van der Waals surface area contributed by atoms with Gasteiger partial charge in [-0.05, 0) is 28.2 Å². The van der Waals surface area contributed by atoms with E-state index in [0.29, 0.717) is 6.42 Å². The molecule has 4 atom stereocenters. The standard InChI is InChI=1S/C26H30N2O6/c1-3-15(2)23(24(30)28-13-16(29)12-22(28)25(31)32)27-26(33)34-14-21-19-10-6-4-8-17(19)18-9-5-7-11-20(18)21/h4-11,15-16,21-23,29H,3,12-14H2,1-2H3,(H,27,33)(H,31,32)/t15-,16?,22-,23-/m0/s1. The zero-order valence-corrected chi connectivity index (χ0v) is 19.3. The maximum absolute atomic E-state index is 13.2. The number of likely N-dealkylation sites (tertiary alicyclic amines) is 1. The summed E-state index contributed by atoms with van der Waals surface area (Å²) in [5.74, 6) is -2.05. The topological polar surface area (TPSA) is 116 Å². The lowest BCUT2D eigenvalue weighted by Crippen LogP contribution is -2.54. The predicted molar refractivity (Wildman–Crippen MR) is 125 cm³/mol. The minimum absolute atomic E-state index is 0.0285. The fourth-order valence-corrected chi connectivity index (χ4v) is 4.92. The fraction of sp³-hybridized carbons (Fsp3) is 0.423.